The van der Waals surface area contributed by atoms with Crippen LogP contribution in [-0.2, 0) is 4.74 Å². The van der Waals surface area contributed by atoms with E-state index in [1.807, 2.05) is 0 Å². The average molecular weight is 220 g/mol. The van der Waals surface area contributed by atoms with E-state index in [0.29, 0.717) is 0 Å². The molecule has 14 heavy (non-hydrogen) atoms. The molecule has 1 aliphatic rings. The Bertz CT molecular complexity index is 181. The molecule has 1 rings (SSSR count). The van der Waals surface area contributed by atoms with Crippen molar-refractivity contribution >= 4 is 17.7 Å². The van der Waals surface area contributed by atoms with Gasteiger partial charge in [0.2, 0.25) is 0 Å². The summed E-state index contributed by atoms with van der Waals surface area (Å²) in [7, 11) is 0. The minimum atomic E-state index is -0.456. The summed E-state index contributed by atoms with van der Waals surface area (Å²) in [6.45, 7) is 3.72. The molecule has 1 amide bonds. The molecule has 1 heterocycles. The van der Waals surface area contributed by atoms with Gasteiger partial charge in [0.25, 0.3) is 0 Å². The number of unbranched alkanes of at least 4 members (excludes halogenated alkanes) is 1. The molecule has 0 bridgehead atoms. The van der Waals surface area contributed by atoms with Crippen molar-refractivity contribution in [2.24, 2.45) is 0 Å². The van der Waals surface area contributed by atoms with E-state index < -0.39 is 5.56 Å². The lowest BCUT2D eigenvalue weighted by Gasteiger charge is -2.17. The first-order valence-electron chi connectivity index (χ1n) is 5.33. The monoisotopic (exact) mass is 219 g/mol. The SMILES string of the molecule is CCCC[C@H](Cl)OC(=O)N1CCCC1. The number of likely N-dealkylation sites (tertiary alicyclic amines) is 1. The largest absolute Gasteiger partial charge is 0.430 e. The zero-order valence-corrected chi connectivity index (χ0v) is 9.42. The molecule has 0 saturated carbocycles. The van der Waals surface area contributed by atoms with Gasteiger partial charge in [0, 0.05) is 13.1 Å². The van der Waals surface area contributed by atoms with Gasteiger partial charge in [0.05, 0.1) is 0 Å². The molecule has 4 heteroatoms. The fourth-order valence-electron chi connectivity index (χ4n) is 1.51. The zero-order chi connectivity index (χ0) is 10.4. The third-order valence-corrected chi connectivity index (χ3v) is 2.68. The quantitative estimate of drug-likeness (QED) is 0.681. The van der Waals surface area contributed by atoms with Crippen LogP contribution in [0.15, 0.2) is 0 Å². The van der Waals surface area contributed by atoms with Crippen molar-refractivity contribution in [1.82, 2.24) is 4.90 Å². The average Bonchev–Trinajstić information content (AvgIpc) is 2.67. The number of rotatable bonds is 4. The van der Waals surface area contributed by atoms with Crippen LogP contribution >= 0.6 is 11.6 Å². The highest BCUT2D eigenvalue weighted by Gasteiger charge is 2.21. The molecule has 1 fully saturated rings. The summed E-state index contributed by atoms with van der Waals surface area (Å²) in [4.78, 5) is 13.2. The number of nitrogens with zero attached hydrogens (tertiary/aromatic N) is 1. The highest BCUT2D eigenvalue weighted by molar-refractivity contribution is 6.20. The van der Waals surface area contributed by atoms with E-state index >= 15 is 0 Å². The zero-order valence-electron chi connectivity index (χ0n) is 8.67. The van der Waals surface area contributed by atoms with Crippen molar-refractivity contribution in [1.29, 1.82) is 0 Å². The third-order valence-electron chi connectivity index (χ3n) is 2.38. The summed E-state index contributed by atoms with van der Waals surface area (Å²) >= 11 is 5.86. The molecule has 0 unspecified atom stereocenters. The summed E-state index contributed by atoms with van der Waals surface area (Å²) in [5.74, 6) is 0. The van der Waals surface area contributed by atoms with E-state index in [9.17, 15) is 4.79 Å². The van der Waals surface area contributed by atoms with E-state index in [-0.39, 0.29) is 6.09 Å². The summed E-state index contributed by atoms with van der Waals surface area (Å²) in [6.07, 6.45) is 4.73. The molecule has 1 saturated heterocycles. The Morgan fingerprint density at radius 1 is 1.50 bits per heavy atom. The molecular formula is C10H18ClNO2. The normalized spacial score (nSPS) is 18.3. The van der Waals surface area contributed by atoms with Crippen LogP contribution in [0.1, 0.15) is 39.0 Å². The number of amides is 1. The molecule has 82 valence electrons. The van der Waals surface area contributed by atoms with Gasteiger partial charge in [-0.1, -0.05) is 24.9 Å². The first-order chi connectivity index (χ1) is 6.74. The maximum absolute atomic E-state index is 11.4. The lowest BCUT2D eigenvalue weighted by molar-refractivity contribution is 0.0948. The molecule has 0 aliphatic carbocycles. The predicted octanol–water partition coefficient (Wildman–Crippen LogP) is 2.97. The van der Waals surface area contributed by atoms with Crippen LogP contribution in [-0.4, -0.2) is 29.6 Å². The van der Waals surface area contributed by atoms with Gasteiger partial charge in [-0.2, -0.15) is 0 Å². The standard InChI is InChI=1S/C10H18ClNO2/c1-2-3-6-9(11)14-10(13)12-7-4-5-8-12/h9H,2-8H2,1H3/t9-/m1/s1. The highest BCUT2D eigenvalue weighted by atomic mass is 35.5. The van der Waals surface area contributed by atoms with Gasteiger partial charge in [0.15, 0.2) is 5.56 Å². The van der Waals surface area contributed by atoms with Gasteiger partial charge >= 0.3 is 6.09 Å². The number of hydrogen-bond donors (Lipinski definition) is 0. The van der Waals surface area contributed by atoms with E-state index in [4.69, 9.17) is 16.3 Å². The van der Waals surface area contributed by atoms with E-state index in [1.54, 1.807) is 4.90 Å². The minimum Gasteiger partial charge on any atom is -0.430 e. The van der Waals surface area contributed by atoms with Crippen molar-refractivity contribution in [2.75, 3.05) is 13.1 Å². The summed E-state index contributed by atoms with van der Waals surface area (Å²) < 4.78 is 5.09. The maximum Gasteiger partial charge on any atom is 0.411 e. The molecule has 1 atom stereocenters. The fraction of sp³-hybridized carbons (Fsp3) is 0.900. The second-order valence-electron chi connectivity index (χ2n) is 3.63. The first-order valence-corrected chi connectivity index (χ1v) is 5.77. The molecule has 1 aliphatic heterocycles. The number of halogens is 1. The highest BCUT2D eigenvalue weighted by Crippen LogP contribution is 2.14. The lowest BCUT2D eigenvalue weighted by atomic mass is 10.3. The Morgan fingerprint density at radius 2 is 2.14 bits per heavy atom. The van der Waals surface area contributed by atoms with Gasteiger partial charge in [0.1, 0.15) is 0 Å². The molecular weight excluding hydrogens is 202 g/mol. The van der Waals surface area contributed by atoms with Crippen molar-refractivity contribution in [3.8, 4) is 0 Å². The fourth-order valence-corrected chi connectivity index (χ4v) is 1.74. The van der Waals surface area contributed by atoms with Gasteiger partial charge < -0.3 is 9.64 Å². The van der Waals surface area contributed by atoms with Crippen LogP contribution in [0.2, 0.25) is 0 Å². The van der Waals surface area contributed by atoms with Crippen LogP contribution in [0.5, 0.6) is 0 Å². The maximum atomic E-state index is 11.4. The van der Waals surface area contributed by atoms with Crippen LogP contribution in [0.4, 0.5) is 4.79 Å². The van der Waals surface area contributed by atoms with Crippen LogP contribution in [0.3, 0.4) is 0 Å². The smallest absolute Gasteiger partial charge is 0.411 e. The Kier molecular flexibility index (Phi) is 5.09. The van der Waals surface area contributed by atoms with Crippen molar-refractivity contribution in [2.45, 2.75) is 44.6 Å². The Balaban J connectivity index is 2.18. The third kappa shape index (κ3) is 3.74. The number of alkyl halides is 1. The van der Waals surface area contributed by atoms with Crippen molar-refractivity contribution in [3.05, 3.63) is 0 Å². The van der Waals surface area contributed by atoms with Crippen LogP contribution in [0.25, 0.3) is 0 Å². The van der Waals surface area contributed by atoms with Crippen molar-refractivity contribution < 1.29 is 9.53 Å². The van der Waals surface area contributed by atoms with E-state index in [1.165, 1.54) is 0 Å². The molecule has 0 N–H and O–H groups in total. The molecule has 0 spiro atoms. The number of carbonyl (C=O) groups excluding carboxylic acids is 1. The Morgan fingerprint density at radius 3 is 2.71 bits per heavy atom. The van der Waals surface area contributed by atoms with Gasteiger partial charge in [-0.25, -0.2) is 4.79 Å². The molecule has 3 nitrogen and oxygen atoms in total. The van der Waals surface area contributed by atoms with Crippen LogP contribution in [0, 0.1) is 0 Å². The second kappa shape index (κ2) is 6.12. The lowest BCUT2D eigenvalue weighted by Crippen LogP contribution is -2.30. The minimum absolute atomic E-state index is 0.251. The summed E-state index contributed by atoms with van der Waals surface area (Å²) in [5.41, 5.74) is -0.456. The first kappa shape index (κ1) is 11.6. The van der Waals surface area contributed by atoms with E-state index in [0.717, 1.165) is 45.2 Å². The summed E-state index contributed by atoms with van der Waals surface area (Å²) in [5, 5.41) is 0. The van der Waals surface area contributed by atoms with Crippen molar-refractivity contribution in [3.63, 3.8) is 0 Å². The van der Waals surface area contributed by atoms with Gasteiger partial charge in [-0.05, 0) is 25.7 Å². The second-order valence-corrected chi connectivity index (χ2v) is 4.12. The topological polar surface area (TPSA) is 29.5 Å². The number of hydrogen-bond acceptors (Lipinski definition) is 2. The Hall–Kier alpha value is -0.440. The van der Waals surface area contributed by atoms with Gasteiger partial charge in [-0.3, -0.25) is 0 Å². The molecule has 0 aromatic carbocycles. The molecule has 0 aromatic heterocycles. The molecule has 0 aromatic rings. The van der Waals surface area contributed by atoms with Gasteiger partial charge in [-0.15, -0.1) is 0 Å². The Labute approximate surface area is 90.4 Å². The molecule has 0 radical (unpaired) electrons. The predicted molar refractivity (Wildman–Crippen MR) is 56.5 cm³/mol. The summed E-state index contributed by atoms with van der Waals surface area (Å²) in [6, 6.07) is 0. The van der Waals surface area contributed by atoms with Crippen LogP contribution < -0.4 is 0 Å². The number of carbonyl (C=O) groups is 1. The van der Waals surface area contributed by atoms with E-state index in [2.05, 4.69) is 6.92 Å². The number of ether oxygens (including phenoxy) is 1.